The first-order valence-electron chi connectivity index (χ1n) is 6.79. The largest absolute Gasteiger partial charge is 0.428 e. The Hall–Kier alpha value is -1.67. The Morgan fingerprint density at radius 2 is 2.00 bits per heavy atom. The quantitative estimate of drug-likeness (QED) is 0.863. The molecule has 0 aliphatic carbocycles. The van der Waals surface area contributed by atoms with Crippen molar-refractivity contribution in [3.63, 3.8) is 0 Å². The van der Waals surface area contributed by atoms with E-state index in [1.54, 1.807) is 0 Å². The van der Waals surface area contributed by atoms with Gasteiger partial charge in [0.05, 0.1) is 11.0 Å². The molecule has 1 aromatic carbocycles. The number of fused-ring (bicyclic) bond motifs is 2. The van der Waals surface area contributed by atoms with Crippen LogP contribution in [0.3, 0.4) is 0 Å². The van der Waals surface area contributed by atoms with E-state index in [0.717, 1.165) is 5.30 Å². The van der Waals surface area contributed by atoms with Crippen LogP contribution in [0.4, 0.5) is 5.69 Å². The summed E-state index contributed by atoms with van der Waals surface area (Å²) in [7, 11) is -2.84. The van der Waals surface area contributed by atoms with Crippen molar-refractivity contribution in [3.05, 3.63) is 30.0 Å². The number of furan rings is 1. The molecule has 0 amide bonds. The summed E-state index contributed by atoms with van der Waals surface area (Å²) in [6.07, 6.45) is 0.649. The van der Waals surface area contributed by atoms with Gasteiger partial charge in [0, 0.05) is 12.1 Å². The molecular weight excluding hydrogens is 273 g/mol. The number of hydrogen-bond donors (Lipinski definition) is 1. The summed E-state index contributed by atoms with van der Waals surface area (Å²) in [5.41, 5.74) is 6.58. The third-order valence-electron chi connectivity index (χ3n) is 3.77. The lowest BCUT2D eigenvalue weighted by Crippen LogP contribution is -2.29. The Morgan fingerprint density at radius 1 is 1.30 bits per heavy atom. The molecule has 1 atom stereocenters. The summed E-state index contributed by atoms with van der Waals surface area (Å²) in [5.74, 6) is 1.55. The highest BCUT2D eigenvalue weighted by Gasteiger charge is 2.44. The van der Waals surface area contributed by atoms with Crippen LogP contribution in [0.15, 0.2) is 28.7 Å². The maximum absolute atomic E-state index is 13.7. The molecular formula is C15H18NO3P. The van der Waals surface area contributed by atoms with Gasteiger partial charge in [0.1, 0.15) is 16.8 Å². The molecule has 20 heavy (non-hydrogen) atoms. The van der Waals surface area contributed by atoms with Crippen molar-refractivity contribution in [2.45, 2.75) is 32.9 Å². The Kier molecular flexibility index (Phi) is 2.94. The van der Waals surface area contributed by atoms with Crippen molar-refractivity contribution in [2.75, 3.05) is 5.73 Å². The Morgan fingerprint density at radius 3 is 2.65 bits per heavy atom. The molecule has 1 aliphatic heterocycles. The van der Waals surface area contributed by atoms with Crippen molar-refractivity contribution in [1.82, 2.24) is 0 Å². The molecule has 2 heterocycles. The Bertz CT molecular complexity index is 718. The summed E-state index contributed by atoms with van der Waals surface area (Å²) in [5, 5.41) is 1.29. The van der Waals surface area contributed by atoms with Gasteiger partial charge in [-0.3, -0.25) is 0 Å². The van der Waals surface area contributed by atoms with Gasteiger partial charge in [-0.1, -0.05) is 32.9 Å². The van der Waals surface area contributed by atoms with E-state index in [1.165, 1.54) is 0 Å². The fourth-order valence-corrected chi connectivity index (χ4v) is 5.59. The molecule has 3 rings (SSSR count). The summed E-state index contributed by atoms with van der Waals surface area (Å²) in [6, 6.07) is 7.41. The SMILES string of the molecule is CCc1oc2c(c1N)P(=O)(C(C)C)c1ccccc1O2. The number of rotatable bonds is 2. The van der Waals surface area contributed by atoms with Crippen LogP contribution in [-0.4, -0.2) is 5.66 Å². The predicted octanol–water partition coefficient (Wildman–Crippen LogP) is 3.25. The van der Waals surface area contributed by atoms with E-state index in [9.17, 15) is 4.57 Å². The first-order chi connectivity index (χ1) is 9.50. The second-order valence-corrected chi connectivity index (χ2v) is 8.53. The molecule has 2 N–H and O–H groups in total. The van der Waals surface area contributed by atoms with E-state index < -0.39 is 7.14 Å². The van der Waals surface area contributed by atoms with Crippen molar-refractivity contribution in [1.29, 1.82) is 0 Å². The zero-order chi connectivity index (χ0) is 14.5. The second-order valence-electron chi connectivity index (χ2n) is 5.25. The molecule has 1 aliphatic rings. The third-order valence-corrected chi connectivity index (χ3v) is 7.40. The standard InChI is InChI=1S/C15H18NO3P/c1-4-10-13(16)14-15(18-10)19-11-7-5-6-8-12(11)20(14,17)9(2)3/h5-9H,4,16H2,1-3H3. The maximum atomic E-state index is 13.7. The highest BCUT2D eigenvalue weighted by Crippen LogP contribution is 2.58. The van der Waals surface area contributed by atoms with E-state index >= 15 is 0 Å². The zero-order valence-corrected chi connectivity index (χ0v) is 12.7. The summed E-state index contributed by atoms with van der Waals surface area (Å²) in [4.78, 5) is 0. The lowest BCUT2D eigenvalue weighted by atomic mass is 10.3. The number of para-hydroxylation sites is 1. The van der Waals surface area contributed by atoms with Crippen molar-refractivity contribution in [3.8, 4) is 11.7 Å². The zero-order valence-electron chi connectivity index (χ0n) is 11.8. The van der Waals surface area contributed by atoms with Crippen LogP contribution in [0.1, 0.15) is 26.5 Å². The molecule has 0 saturated carbocycles. The average Bonchev–Trinajstić information content (AvgIpc) is 2.75. The minimum Gasteiger partial charge on any atom is -0.428 e. The molecule has 0 fully saturated rings. The van der Waals surface area contributed by atoms with Crippen LogP contribution in [0, 0.1) is 0 Å². The van der Waals surface area contributed by atoms with Crippen LogP contribution in [-0.2, 0) is 11.0 Å². The number of anilines is 1. The average molecular weight is 291 g/mol. The summed E-state index contributed by atoms with van der Waals surface area (Å²) < 4.78 is 25.1. The number of benzene rings is 1. The minimum absolute atomic E-state index is 0.0593. The van der Waals surface area contributed by atoms with Gasteiger partial charge in [0.2, 0.25) is 0 Å². The lowest BCUT2D eigenvalue weighted by molar-refractivity contribution is 0.336. The number of nitrogens with two attached hydrogens (primary N) is 1. The number of hydrogen-bond acceptors (Lipinski definition) is 4. The van der Waals surface area contributed by atoms with E-state index in [1.807, 2.05) is 45.0 Å². The van der Waals surface area contributed by atoms with Crippen LogP contribution >= 0.6 is 7.14 Å². The van der Waals surface area contributed by atoms with Crippen LogP contribution in [0.5, 0.6) is 11.7 Å². The molecule has 5 heteroatoms. The number of ether oxygens (including phenoxy) is 1. The van der Waals surface area contributed by atoms with Gasteiger partial charge in [-0.15, -0.1) is 0 Å². The van der Waals surface area contributed by atoms with E-state index in [2.05, 4.69) is 0 Å². The first kappa shape index (κ1) is 13.3. The van der Waals surface area contributed by atoms with Crippen LogP contribution in [0.2, 0.25) is 0 Å². The third kappa shape index (κ3) is 1.58. The fourth-order valence-electron chi connectivity index (χ4n) is 2.68. The highest BCUT2D eigenvalue weighted by molar-refractivity contribution is 7.80. The topological polar surface area (TPSA) is 65.5 Å². The molecule has 1 unspecified atom stereocenters. The molecule has 0 bridgehead atoms. The van der Waals surface area contributed by atoms with Crippen LogP contribution < -0.4 is 21.1 Å². The van der Waals surface area contributed by atoms with Gasteiger partial charge >= 0.3 is 5.95 Å². The van der Waals surface area contributed by atoms with E-state index in [0.29, 0.717) is 34.9 Å². The predicted molar refractivity (Wildman–Crippen MR) is 81.0 cm³/mol. The monoisotopic (exact) mass is 291 g/mol. The summed E-state index contributed by atoms with van der Waals surface area (Å²) >= 11 is 0. The molecule has 106 valence electrons. The van der Waals surface area contributed by atoms with E-state index in [4.69, 9.17) is 14.9 Å². The maximum Gasteiger partial charge on any atom is 0.303 e. The van der Waals surface area contributed by atoms with E-state index in [-0.39, 0.29) is 5.66 Å². The fraction of sp³-hybridized carbons (Fsp3) is 0.333. The first-order valence-corrected chi connectivity index (χ1v) is 8.56. The molecule has 0 spiro atoms. The Balaban J connectivity index is 2.35. The molecule has 0 radical (unpaired) electrons. The minimum atomic E-state index is -2.84. The van der Waals surface area contributed by atoms with Gasteiger partial charge < -0.3 is 19.5 Å². The molecule has 4 nitrogen and oxygen atoms in total. The van der Waals surface area contributed by atoms with Gasteiger partial charge in [0.15, 0.2) is 7.14 Å². The van der Waals surface area contributed by atoms with Gasteiger partial charge in [-0.25, -0.2) is 0 Å². The smallest absolute Gasteiger partial charge is 0.303 e. The Labute approximate surface area is 118 Å². The number of aryl methyl sites for hydroxylation is 1. The summed E-state index contributed by atoms with van der Waals surface area (Å²) in [6.45, 7) is 5.85. The van der Waals surface area contributed by atoms with Crippen molar-refractivity contribution in [2.24, 2.45) is 0 Å². The molecule has 0 saturated heterocycles. The van der Waals surface area contributed by atoms with Crippen LogP contribution in [0.25, 0.3) is 0 Å². The number of nitrogen functional groups attached to an aromatic ring is 1. The van der Waals surface area contributed by atoms with Gasteiger partial charge in [0.25, 0.3) is 0 Å². The van der Waals surface area contributed by atoms with Crippen molar-refractivity contribution < 1.29 is 13.7 Å². The van der Waals surface area contributed by atoms with Gasteiger partial charge in [-0.05, 0) is 12.1 Å². The highest BCUT2D eigenvalue weighted by atomic mass is 31.2. The van der Waals surface area contributed by atoms with Crippen molar-refractivity contribution >= 4 is 23.4 Å². The second kappa shape index (κ2) is 4.42. The normalized spacial score (nSPS) is 20.4. The lowest BCUT2D eigenvalue weighted by Gasteiger charge is -2.28. The molecule has 1 aromatic heterocycles. The molecule has 2 aromatic rings. The van der Waals surface area contributed by atoms with Gasteiger partial charge in [-0.2, -0.15) is 0 Å².